The van der Waals surface area contributed by atoms with Crippen LogP contribution in [0.2, 0.25) is 0 Å². The second-order valence-corrected chi connectivity index (χ2v) is 4.43. The van der Waals surface area contributed by atoms with Crippen LogP contribution >= 0.6 is 0 Å². The van der Waals surface area contributed by atoms with Gasteiger partial charge in [0.05, 0.1) is 0 Å². The molecule has 0 aromatic rings. The molecule has 4 N–H and O–H groups in total. The van der Waals surface area contributed by atoms with Gasteiger partial charge >= 0.3 is 0 Å². The number of rotatable bonds is 7. The van der Waals surface area contributed by atoms with Crippen LogP contribution in [0.1, 0.15) is 20.8 Å². The largest absolute Gasteiger partial charge is 0.409 e. The molecule has 0 aliphatic rings. The smallest absolute Gasteiger partial charge is 0.231 e. The third kappa shape index (κ3) is 5.53. The zero-order chi connectivity index (χ0) is 13.4. The Kier molecular flexibility index (Phi) is 7.29. The van der Waals surface area contributed by atoms with Crippen molar-refractivity contribution in [2.45, 2.75) is 20.8 Å². The van der Waals surface area contributed by atoms with E-state index < -0.39 is 5.92 Å². The Bertz CT molecular complexity index is 266. The Morgan fingerprint density at radius 1 is 1.53 bits per heavy atom. The van der Waals surface area contributed by atoms with Crippen molar-refractivity contribution in [1.29, 1.82) is 0 Å². The van der Waals surface area contributed by atoms with Crippen LogP contribution in [-0.2, 0) is 4.79 Å². The van der Waals surface area contributed by atoms with Crippen molar-refractivity contribution < 1.29 is 10.0 Å². The Labute approximate surface area is 103 Å². The van der Waals surface area contributed by atoms with Crippen LogP contribution in [0.25, 0.3) is 0 Å². The van der Waals surface area contributed by atoms with Gasteiger partial charge in [-0.05, 0) is 19.5 Å². The standard InChI is InChI=1S/C11H24N4O2/c1-5-15(4)7-6-13-11(16)9(8(2)3)10(12)14-17/h8-9,17H,5-7H2,1-4H3,(H2,12,14)(H,13,16). The molecule has 0 aromatic carbocycles. The zero-order valence-corrected chi connectivity index (χ0v) is 11.1. The van der Waals surface area contributed by atoms with Gasteiger partial charge in [0.2, 0.25) is 5.91 Å². The lowest BCUT2D eigenvalue weighted by molar-refractivity contribution is -0.124. The first kappa shape index (κ1) is 15.7. The SMILES string of the molecule is CCN(C)CCNC(=O)C(C(N)=NO)C(C)C. The van der Waals surface area contributed by atoms with E-state index >= 15 is 0 Å². The number of hydrogen-bond donors (Lipinski definition) is 3. The molecule has 1 unspecified atom stereocenters. The van der Waals surface area contributed by atoms with Gasteiger partial charge < -0.3 is 21.2 Å². The summed E-state index contributed by atoms with van der Waals surface area (Å²) in [5.74, 6) is -0.817. The predicted molar refractivity (Wildman–Crippen MR) is 67.9 cm³/mol. The summed E-state index contributed by atoms with van der Waals surface area (Å²) < 4.78 is 0. The third-order valence-electron chi connectivity index (χ3n) is 2.72. The van der Waals surface area contributed by atoms with Gasteiger partial charge in [-0.2, -0.15) is 0 Å². The molecule has 1 atom stereocenters. The minimum atomic E-state index is -0.577. The highest BCUT2D eigenvalue weighted by Gasteiger charge is 2.26. The Balaban J connectivity index is 4.26. The van der Waals surface area contributed by atoms with Crippen molar-refractivity contribution in [2.24, 2.45) is 22.7 Å². The van der Waals surface area contributed by atoms with E-state index in [0.29, 0.717) is 6.54 Å². The third-order valence-corrected chi connectivity index (χ3v) is 2.72. The summed E-state index contributed by atoms with van der Waals surface area (Å²) in [6.07, 6.45) is 0. The van der Waals surface area contributed by atoms with E-state index in [2.05, 4.69) is 22.3 Å². The number of nitrogens with zero attached hydrogens (tertiary/aromatic N) is 2. The van der Waals surface area contributed by atoms with E-state index in [4.69, 9.17) is 10.9 Å². The first-order chi connectivity index (χ1) is 7.93. The summed E-state index contributed by atoms with van der Waals surface area (Å²) in [5.41, 5.74) is 5.51. The number of amides is 1. The molecule has 0 saturated heterocycles. The quantitative estimate of drug-likeness (QED) is 0.256. The highest BCUT2D eigenvalue weighted by atomic mass is 16.4. The monoisotopic (exact) mass is 244 g/mol. The fourth-order valence-corrected chi connectivity index (χ4v) is 1.48. The first-order valence-electron chi connectivity index (χ1n) is 5.87. The average Bonchev–Trinajstić information content (AvgIpc) is 2.28. The zero-order valence-electron chi connectivity index (χ0n) is 11.1. The molecule has 0 radical (unpaired) electrons. The fourth-order valence-electron chi connectivity index (χ4n) is 1.48. The van der Waals surface area contributed by atoms with E-state index in [9.17, 15) is 4.79 Å². The number of likely N-dealkylation sites (N-methyl/N-ethyl adjacent to an activating group) is 1. The molecule has 0 aromatic heterocycles. The van der Waals surface area contributed by atoms with Crippen LogP contribution in [0.5, 0.6) is 0 Å². The molecule has 0 heterocycles. The number of amidine groups is 1. The molecule has 1 amide bonds. The maximum absolute atomic E-state index is 11.9. The van der Waals surface area contributed by atoms with Crippen molar-refractivity contribution in [3.63, 3.8) is 0 Å². The first-order valence-corrected chi connectivity index (χ1v) is 5.87. The number of oxime groups is 1. The number of nitrogens with two attached hydrogens (primary N) is 1. The second-order valence-electron chi connectivity index (χ2n) is 4.43. The van der Waals surface area contributed by atoms with E-state index in [-0.39, 0.29) is 17.7 Å². The molecule has 100 valence electrons. The van der Waals surface area contributed by atoms with Crippen LogP contribution in [0.4, 0.5) is 0 Å². The van der Waals surface area contributed by atoms with E-state index in [1.807, 2.05) is 20.9 Å². The van der Waals surface area contributed by atoms with Gasteiger partial charge in [0.25, 0.3) is 0 Å². The molecule has 0 bridgehead atoms. The molecular weight excluding hydrogens is 220 g/mol. The predicted octanol–water partition coefficient (Wildman–Crippen LogP) is 0.0729. The number of nitrogens with one attached hydrogen (secondary N) is 1. The molecular formula is C11H24N4O2. The Morgan fingerprint density at radius 2 is 2.12 bits per heavy atom. The van der Waals surface area contributed by atoms with Gasteiger partial charge in [-0.1, -0.05) is 25.9 Å². The lowest BCUT2D eigenvalue weighted by Crippen LogP contribution is -2.43. The molecule has 0 spiro atoms. The summed E-state index contributed by atoms with van der Waals surface area (Å²) in [6, 6.07) is 0. The van der Waals surface area contributed by atoms with E-state index in [0.717, 1.165) is 13.1 Å². The van der Waals surface area contributed by atoms with Gasteiger partial charge in [-0.15, -0.1) is 0 Å². The molecule has 0 aliphatic carbocycles. The van der Waals surface area contributed by atoms with E-state index in [1.54, 1.807) is 0 Å². The molecule has 0 rings (SSSR count). The van der Waals surface area contributed by atoms with Gasteiger partial charge in [0, 0.05) is 13.1 Å². The van der Waals surface area contributed by atoms with Crippen LogP contribution < -0.4 is 11.1 Å². The fraction of sp³-hybridized carbons (Fsp3) is 0.818. The van der Waals surface area contributed by atoms with Crippen LogP contribution in [0, 0.1) is 11.8 Å². The molecule has 0 aliphatic heterocycles. The van der Waals surface area contributed by atoms with Crippen molar-refractivity contribution in [2.75, 3.05) is 26.7 Å². The summed E-state index contributed by atoms with van der Waals surface area (Å²) in [5, 5.41) is 14.3. The highest BCUT2D eigenvalue weighted by Crippen LogP contribution is 2.10. The summed E-state index contributed by atoms with van der Waals surface area (Å²) >= 11 is 0. The minimum Gasteiger partial charge on any atom is -0.409 e. The molecule has 17 heavy (non-hydrogen) atoms. The van der Waals surface area contributed by atoms with Crippen molar-refractivity contribution in [1.82, 2.24) is 10.2 Å². The molecule has 0 saturated carbocycles. The van der Waals surface area contributed by atoms with Crippen molar-refractivity contribution in [3.05, 3.63) is 0 Å². The van der Waals surface area contributed by atoms with Gasteiger partial charge in [-0.3, -0.25) is 4.79 Å². The minimum absolute atomic E-state index is 0.00481. The lowest BCUT2D eigenvalue weighted by Gasteiger charge is -2.20. The highest BCUT2D eigenvalue weighted by molar-refractivity contribution is 6.02. The number of carbonyl (C=O) groups is 1. The van der Waals surface area contributed by atoms with Gasteiger partial charge in [0.15, 0.2) is 5.84 Å². The lowest BCUT2D eigenvalue weighted by atomic mass is 9.94. The average molecular weight is 244 g/mol. The maximum atomic E-state index is 11.9. The maximum Gasteiger partial charge on any atom is 0.231 e. The normalized spacial score (nSPS) is 14.1. The van der Waals surface area contributed by atoms with Gasteiger partial charge in [0.1, 0.15) is 5.92 Å². The number of carbonyl (C=O) groups excluding carboxylic acids is 1. The Hall–Kier alpha value is -1.30. The molecule has 6 nitrogen and oxygen atoms in total. The van der Waals surface area contributed by atoms with Crippen LogP contribution in [0.3, 0.4) is 0 Å². The summed E-state index contributed by atoms with van der Waals surface area (Å²) in [6.45, 7) is 8.05. The number of hydrogen-bond acceptors (Lipinski definition) is 4. The van der Waals surface area contributed by atoms with E-state index in [1.165, 1.54) is 0 Å². The topological polar surface area (TPSA) is 91.0 Å². The van der Waals surface area contributed by atoms with Crippen molar-refractivity contribution in [3.8, 4) is 0 Å². The molecule has 6 heteroatoms. The van der Waals surface area contributed by atoms with Crippen LogP contribution in [-0.4, -0.2) is 48.5 Å². The van der Waals surface area contributed by atoms with Gasteiger partial charge in [-0.25, -0.2) is 0 Å². The van der Waals surface area contributed by atoms with Crippen molar-refractivity contribution >= 4 is 11.7 Å². The second kappa shape index (κ2) is 7.89. The van der Waals surface area contributed by atoms with Crippen LogP contribution in [0.15, 0.2) is 5.16 Å². The Morgan fingerprint density at radius 3 is 2.53 bits per heavy atom. The summed E-state index contributed by atoms with van der Waals surface area (Å²) in [7, 11) is 1.98. The molecule has 0 fully saturated rings. The summed E-state index contributed by atoms with van der Waals surface area (Å²) in [4.78, 5) is 13.9.